The zero-order valence-corrected chi connectivity index (χ0v) is 18.0. The van der Waals surface area contributed by atoms with Crippen LogP contribution in [0.4, 0.5) is 11.5 Å². The highest BCUT2D eigenvalue weighted by atomic mass is 16.3. The van der Waals surface area contributed by atoms with Gasteiger partial charge >= 0.3 is 0 Å². The third-order valence-corrected chi connectivity index (χ3v) is 5.10. The van der Waals surface area contributed by atoms with E-state index in [9.17, 15) is 19.8 Å². The lowest BCUT2D eigenvalue weighted by Crippen LogP contribution is -2.19. The summed E-state index contributed by atoms with van der Waals surface area (Å²) in [5.41, 5.74) is 0.190. The smallest absolute Gasteiger partial charge is 0.294 e. The number of para-hydroxylation sites is 1. The van der Waals surface area contributed by atoms with E-state index in [4.69, 9.17) is 0 Å². The summed E-state index contributed by atoms with van der Waals surface area (Å²) in [6.07, 6.45) is 1.28. The Morgan fingerprint density at radius 2 is 1.69 bits per heavy atom. The number of hydrogen-bond donors (Lipinski definition) is 4. The number of aromatic hydroxyl groups is 2. The first-order valence-electron chi connectivity index (χ1n) is 10.4. The molecule has 2 heterocycles. The van der Waals surface area contributed by atoms with Crippen molar-refractivity contribution in [2.45, 2.75) is 0 Å². The van der Waals surface area contributed by atoms with Crippen molar-refractivity contribution in [1.82, 2.24) is 19.9 Å². The highest BCUT2D eigenvalue weighted by molar-refractivity contribution is 5.86. The van der Waals surface area contributed by atoms with Crippen LogP contribution in [0.5, 0.6) is 11.5 Å². The first kappa shape index (κ1) is 21.5. The number of aromatic nitrogens is 4. The standard InChI is InChI=1S/C24H17N7O4/c32-16-11-10-15(19(33)12-16)13-25-21-20(23(34)29-28-21)27-30-31-22(14-6-2-1-3-7-14)26-18-9-5-4-8-17(18)24(31)35/h1-13,32-33H,(H2,28,29,34)/b25-13+,30-27?. The Labute approximate surface area is 196 Å². The van der Waals surface area contributed by atoms with Crippen LogP contribution in [0.25, 0.3) is 22.3 Å². The maximum atomic E-state index is 13.2. The van der Waals surface area contributed by atoms with Gasteiger partial charge in [0.1, 0.15) is 11.5 Å². The highest BCUT2D eigenvalue weighted by Gasteiger charge is 2.14. The summed E-state index contributed by atoms with van der Waals surface area (Å²) in [4.78, 5) is 34.3. The molecule has 0 unspecified atom stereocenters. The van der Waals surface area contributed by atoms with E-state index in [1.54, 1.807) is 48.5 Å². The van der Waals surface area contributed by atoms with Gasteiger partial charge in [0.05, 0.1) is 10.9 Å². The van der Waals surface area contributed by atoms with E-state index < -0.39 is 11.1 Å². The van der Waals surface area contributed by atoms with Gasteiger partial charge < -0.3 is 10.2 Å². The van der Waals surface area contributed by atoms with E-state index in [1.807, 2.05) is 6.07 Å². The van der Waals surface area contributed by atoms with Crippen molar-refractivity contribution in [2.24, 2.45) is 15.3 Å². The Hall–Kier alpha value is -5.32. The largest absolute Gasteiger partial charge is 0.508 e. The number of H-pyrrole nitrogens is 2. The van der Waals surface area contributed by atoms with Gasteiger partial charge in [-0.3, -0.25) is 19.8 Å². The van der Waals surface area contributed by atoms with Gasteiger partial charge in [0.15, 0.2) is 17.3 Å². The summed E-state index contributed by atoms with van der Waals surface area (Å²) in [5, 5.41) is 32.7. The second-order valence-corrected chi connectivity index (χ2v) is 7.40. The molecule has 11 heteroatoms. The average molecular weight is 467 g/mol. The van der Waals surface area contributed by atoms with Crippen molar-refractivity contribution in [2.75, 3.05) is 0 Å². The van der Waals surface area contributed by atoms with Gasteiger partial charge in [0.25, 0.3) is 11.1 Å². The van der Waals surface area contributed by atoms with Crippen LogP contribution in [0.1, 0.15) is 5.56 Å². The molecule has 35 heavy (non-hydrogen) atoms. The van der Waals surface area contributed by atoms with Gasteiger partial charge in [0, 0.05) is 23.4 Å². The van der Waals surface area contributed by atoms with E-state index >= 15 is 0 Å². The van der Waals surface area contributed by atoms with Crippen LogP contribution in [-0.4, -0.2) is 36.3 Å². The molecule has 3 aromatic carbocycles. The number of phenols is 2. The zero-order valence-electron chi connectivity index (χ0n) is 18.0. The Balaban J connectivity index is 1.60. The van der Waals surface area contributed by atoms with Crippen LogP contribution in [0, 0.1) is 0 Å². The van der Waals surface area contributed by atoms with Crippen LogP contribution in [0.2, 0.25) is 0 Å². The quantitative estimate of drug-likeness (QED) is 0.228. The van der Waals surface area contributed by atoms with Crippen LogP contribution in [-0.2, 0) is 0 Å². The molecule has 0 atom stereocenters. The first-order chi connectivity index (χ1) is 17.0. The van der Waals surface area contributed by atoms with Crippen molar-refractivity contribution in [3.63, 3.8) is 0 Å². The van der Waals surface area contributed by atoms with Gasteiger partial charge in [-0.15, -0.1) is 5.11 Å². The summed E-state index contributed by atoms with van der Waals surface area (Å²) in [7, 11) is 0. The first-order valence-corrected chi connectivity index (χ1v) is 10.4. The number of benzene rings is 3. The van der Waals surface area contributed by atoms with Gasteiger partial charge in [-0.05, 0) is 24.3 Å². The minimum absolute atomic E-state index is 0.0225. The molecular weight excluding hydrogens is 450 g/mol. The van der Waals surface area contributed by atoms with Crippen molar-refractivity contribution < 1.29 is 10.2 Å². The molecule has 0 saturated heterocycles. The summed E-state index contributed by atoms with van der Waals surface area (Å²) < 4.78 is 1.03. The molecule has 5 rings (SSSR count). The summed E-state index contributed by atoms with van der Waals surface area (Å²) in [6, 6.07) is 19.9. The molecular formula is C24H17N7O4. The molecule has 0 saturated carbocycles. The molecule has 11 nitrogen and oxygen atoms in total. The minimum Gasteiger partial charge on any atom is -0.508 e. The molecule has 0 spiro atoms. The molecule has 2 aromatic heterocycles. The zero-order chi connectivity index (χ0) is 24.4. The Morgan fingerprint density at radius 1 is 0.914 bits per heavy atom. The second-order valence-electron chi connectivity index (χ2n) is 7.40. The molecule has 172 valence electrons. The van der Waals surface area contributed by atoms with Crippen molar-refractivity contribution in [3.8, 4) is 22.9 Å². The monoisotopic (exact) mass is 467 g/mol. The number of nitrogens with zero attached hydrogens (tertiary/aromatic N) is 5. The maximum absolute atomic E-state index is 13.2. The number of nitrogens with one attached hydrogen (secondary N) is 2. The number of phenolic OH excluding ortho intramolecular Hbond substituents is 2. The lowest BCUT2D eigenvalue weighted by atomic mass is 10.2. The lowest BCUT2D eigenvalue weighted by molar-refractivity contribution is 0.450. The van der Waals surface area contributed by atoms with Gasteiger partial charge in [-0.25, -0.2) is 9.98 Å². The summed E-state index contributed by atoms with van der Waals surface area (Å²) >= 11 is 0. The van der Waals surface area contributed by atoms with E-state index in [-0.39, 0.29) is 28.8 Å². The van der Waals surface area contributed by atoms with Crippen LogP contribution in [0.15, 0.2) is 97.7 Å². The summed E-state index contributed by atoms with van der Waals surface area (Å²) in [5.74, 6) is -0.0256. The van der Waals surface area contributed by atoms with E-state index in [0.29, 0.717) is 22.0 Å². The van der Waals surface area contributed by atoms with Crippen molar-refractivity contribution in [3.05, 3.63) is 99.1 Å². The SMILES string of the molecule is O=c1[nH][nH]c(/N=C/c2ccc(O)cc2O)c1N=Nn1c(-c2ccccc2)nc2ccccc2c1=O. The number of aliphatic imine (C=N–C) groups is 1. The Morgan fingerprint density at radius 3 is 2.49 bits per heavy atom. The molecule has 0 radical (unpaired) electrons. The molecule has 0 aliphatic carbocycles. The number of rotatable bonds is 5. The third kappa shape index (κ3) is 4.20. The fourth-order valence-electron chi connectivity index (χ4n) is 3.37. The lowest BCUT2D eigenvalue weighted by Gasteiger charge is -2.08. The van der Waals surface area contributed by atoms with Crippen molar-refractivity contribution >= 4 is 28.6 Å². The fourth-order valence-corrected chi connectivity index (χ4v) is 3.37. The predicted octanol–water partition coefficient (Wildman–Crippen LogP) is 3.79. The molecule has 0 aliphatic heterocycles. The normalized spacial score (nSPS) is 11.7. The number of aromatic amines is 2. The van der Waals surface area contributed by atoms with Gasteiger partial charge in [-0.1, -0.05) is 47.7 Å². The van der Waals surface area contributed by atoms with Crippen LogP contribution < -0.4 is 11.1 Å². The molecule has 0 bridgehead atoms. The Kier molecular flexibility index (Phi) is 5.47. The van der Waals surface area contributed by atoms with Crippen molar-refractivity contribution in [1.29, 1.82) is 0 Å². The topological polar surface area (TPSA) is 161 Å². The maximum Gasteiger partial charge on any atom is 0.294 e. The van der Waals surface area contributed by atoms with Gasteiger partial charge in [0.2, 0.25) is 0 Å². The van der Waals surface area contributed by atoms with Gasteiger partial charge in [-0.2, -0.15) is 4.68 Å². The third-order valence-electron chi connectivity index (χ3n) is 5.10. The summed E-state index contributed by atoms with van der Waals surface area (Å²) in [6.45, 7) is 0. The van der Waals surface area contributed by atoms with Crippen LogP contribution in [0.3, 0.4) is 0 Å². The van der Waals surface area contributed by atoms with E-state index in [0.717, 1.165) is 10.7 Å². The van der Waals surface area contributed by atoms with Crippen LogP contribution >= 0.6 is 0 Å². The fraction of sp³-hybridized carbons (Fsp3) is 0. The Bertz CT molecular complexity index is 1720. The second kappa shape index (κ2) is 8.90. The highest BCUT2D eigenvalue weighted by Crippen LogP contribution is 2.25. The van der Waals surface area contributed by atoms with E-state index in [2.05, 4.69) is 30.5 Å². The molecule has 0 aliphatic rings. The molecule has 4 N–H and O–H groups in total. The number of fused-ring (bicyclic) bond motifs is 1. The molecule has 5 aromatic rings. The predicted molar refractivity (Wildman–Crippen MR) is 130 cm³/mol. The average Bonchev–Trinajstić information content (AvgIpc) is 3.22. The molecule has 0 fully saturated rings. The molecule has 0 amide bonds. The van der Waals surface area contributed by atoms with E-state index in [1.165, 1.54) is 18.3 Å². The number of hydrogen-bond acceptors (Lipinski definition) is 8. The minimum atomic E-state index is -0.612.